The molecule has 0 aromatic heterocycles. The lowest BCUT2D eigenvalue weighted by molar-refractivity contribution is -0.0246. The molecule has 1 saturated heterocycles. The average Bonchev–Trinajstić information content (AvgIpc) is 2.53. The van der Waals surface area contributed by atoms with Crippen molar-refractivity contribution in [2.24, 2.45) is 5.73 Å². The van der Waals surface area contributed by atoms with E-state index >= 15 is 0 Å². The molecule has 0 radical (unpaired) electrons. The van der Waals surface area contributed by atoms with E-state index in [1.165, 1.54) is 0 Å². The number of carbonyl (C=O) groups excluding carboxylic acids is 1. The molecule has 1 unspecified atom stereocenters. The smallest absolute Gasteiger partial charge is 0.251 e. The number of thiocarbonyl (C=S) groups is 1. The first kappa shape index (κ1) is 15.9. The van der Waals surface area contributed by atoms with E-state index < -0.39 is 0 Å². The molecule has 0 bridgehead atoms. The second-order valence-corrected chi connectivity index (χ2v) is 5.48. The standard InChI is InChI=1S/C15H21N3O2S/c1-2-18-6-7-20-13(10-18)9-17-15(19)12-5-3-4-11(8-12)14(16)21/h3-5,8,13H,2,6-7,9-10H2,1H3,(H2,16,21)(H,17,19). The van der Waals surface area contributed by atoms with Gasteiger partial charge in [-0.1, -0.05) is 31.3 Å². The van der Waals surface area contributed by atoms with Crippen molar-refractivity contribution in [2.75, 3.05) is 32.8 Å². The van der Waals surface area contributed by atoms with Crippen LogP contribution in [0.5, 0.6) is 0 Å². The lowest BCUT2D eigenvalue weighted by atomic mass is 10.1. The van der Waals surface area contributed by atoms with Gasteiger partial charge in [-0.05, 0) is 18.7 Å². The van der Waals surface area contributed by atoms with Gasteiger partial charge < -0.3 is 15.8 Å². The van der Waals surface area contributed by atoms with E-state index in [2.05, 4.69) is 17.1 Å². The van der Waals surface area contributed by atoms with Gasteiger partial charge in [0.05, 0.1) is 12.7 Å². The summed E-state index contributed by atoms with van der Waals surface area (Å²) in [7, 11) is 0. The molecule has 3 N–H and O–H groups in total. The fourth-order valence-corrected chi connectivity index (χ4v) is 2.44. The number of hydrogen-bond acceptors (Lipinski definition) is 4. The van der Waals surface area contributed by atoms with E-state index in [9.17, 15) is 4.79 Å². The maximum Gasteiger partial charge on any atom is 0.251 e. The summed E-state index contributed by atoms with van der Waals surface area (Å²) in [6, 6.07) is 7.02. The molecular weight excluding hydrogens is 286 g/mol. The Bertz CT molecular complexity index is 521. The number of ether oxygens (including phenoxy) is 1. The van der Waals surface area contributed by atoms with Gasteiger partial charge in [0.25, 0.3) is 5.91 Å². The monoisotopic (exact) mass is 307 g/mol. The lowest BCUT2D eigenvalue weighted by Gasteiger charge is -2.32. The van der Waals surface area contributed by atoms with Crippen molar-refractivity contribution in [3.05, 3.63) is 35.4 Å². The number of likely N-dealkylation sites (N-methyl/N-ethyl adjacent to an activating group) is 1. The zero-order valence-electron chi connectivity index (χ0n) is 12.2. The van der Waals surface area contributed by atoms with Crippen LogP contribution in [0, 0.1) is 0 Å². The SMILES string of the molecule is CCN1CCOC(CNC(=O)c2cccc(C(N)=S)c2)C1. The third-order valence-corrected chi connectivity index (χ3v) is 3.81. The highest BCUT2D eigenvalue weighted by Crippen LogP contribution is 2.07. The predicted molar refractivity (Wildman–Crippen MR) is 86.5 cm³/mol. The number of carbonyl (C=O) groups is 1. The first-order chi connectivity index (χ1) is 10.1. The highest BCUT2D eigenvalue weighted by molar-refractivity contribution is 7.80. The molecule has 1 heterocycles. The number of nitrogens with two attached hydrogens (primary N) is 1. The molecule has 1 aromatic carbocycles. The Labute approximate surface area is 130 Å². The van der Waals surface area contributed by atoms with Crippen LogP contribution in [-0.4, -0.2) is 54.7 Å². The van der Waals surface area contributed by atoms with Crippen LogP contribution in [0.2, 0.25) is 0 Å². The van der Waals surface area contributed by atoms with Gasteiger partial charge in [-0.2, -0.15) is 0 Å². The topological polar surface area (TPSA) is 67.6 Å². The minimum absolute atomic E-state index is 0.0430. The van der Waals surface area contributed by atoms with Crippen molar-refractivity contribution < 1.29 is 9.53 Å². The molecule has 5 nitrogen and oxygen atoms in total. The van der Waals surface area contributed by atoms with Gasteiger partial charge >= 0.3 is 0 Å². The Morgan fingerprint density at radius 1 is 1.52 bits per heavy atom. The van der Waals surface area contributed by atoms with Crippen molar-refractivity contribution in [1.29, 1.82) is 0 Å². The molecule has 21 heavy (non-hydrogen) atoms. The van der Waals surface area contributed by atoms with Gasteiger partial charge in [0.15, 0.2) is 0 Å². The lowest BCUT2D eigenvalue weighted by Crippen LogP contribution is -2.47. The van der Waals surface area contributed by atoms with Gasteiger partial charge in [-0.15, -0.1) is 0 Å². The minimum atomic E-state index is -0.134. The van der Waals surface area contributed by atoms with Crippen LogP contribution in [-0.2, 0) is 4.74 Å². The highest BCUT2D eigenvalue weighted by Gasteiger charge is 2.20. The Morgan fingerprint density at radius 3 is 3.00 bits per heavy atom. The largest absolute Gasteiger partial charge is 0.389 e. The summed E-state index contributed by atoms with van der Waals surface area (Å²) in [6.45, 7) is 6.16. The summed E-state index contributed by atoms with van der Waals surface area (Å²) in [5.41, 5.74) is 6.84. The Balaban J connectivity index is 1.89. The second kappa shape index (κ2) is 7.49. The van der Waals surface area contributed by atoms with Crippen molar-refractivity contribution in [1.82, 2.24) is 10.2 Å². The van der Waals surface area contributed by atoms with E-state index in [4.69, 9.17) is 22.7 Å². The van der Waals surface area contributed by atoms with Crippen LogP contribution in [0.4, 0.5) is 0 Å². The van der Waals surface area contributed by atoms with Crippen LogP contribution in [0.1, 0.15) is 22.8 Å². The molecular formula is C15H21N3O2S. The van der Waals surface area contributed by atoms with E-state index in [1.54, 1.807) is 24.3 Å². The predicted octanol–water partition coefficient (Wildman–Crippen LogP) is 0.771. The van der Waals surface area contributed by atoms with Crippen molar-refractivity contribution in [3.63, 3.8) is 0 Å². The molecule has 1 aromatic rings. The maximum absolute atomic E-state index is 12.1. The molecule has 2 rings (SSSR count). The number of amides is 1. The Morgan fingerprint density at radius 2 is 2.29 bits per heavy atom. The summed E-state index contributed by atoms with van der Waals surface area (Å²) in [5, 5.41) is 2.90. The van der Waals surface area contributed by atoms with Crippen molar-refractivity contribution >= 4 is 23.1 Å². The van der Waals surface area contributed by atoms with E-state index in [0.29, 0.717) is 29.3 Å². The molecule has 1 aliphatic heterocycles. The normalized spacial score (nSPS) is 19.2. The summed E-state index contributed by atoms with van der Waals surface area (Å²) in [6.07, 6.45) is 0.0430. The third kappa shape index (κ3) is 4.49. The molecule has 1 amide bonds. The molecule has 114 valence electrons. The van der Waals surface area contributed by atoms with Crippen molar-refractivity contribution in [3.8, 4) is 0 Å². The summed E-state index contributed by atoms with van der Waals surface area (Å²) in [5.74, 6) is -0.134. The van der Waals surface area contributed by atoms with Gasteiger partial charge in [0.2, 0.25) is 0 Å². The molecule has 1 fully saturated rings. The number of benzene rings is 1. The third-order valence-electron chi connectivity index (χ3n) is 3.57. The van der Waals surface area contributed by atoms with Gasteiger partial charge in [-0.3, -0.25) is 9.69 Å². The Kier molecular flexibility index (Phi) is 5.67. The van der Waals surface area contributed by atoms with Crippen LogP contribution < -0.4 is 11.1 Å². The second-order valence-electron chi connectivity index (χ2n) is 5.04. The highest BCUT2D eigenvalue weighted by atomic mass is 32.1. The summed E-state index contributed by atoms with van der Waals surface area (Å²) < 4.78 is 5.66. The Hall–Kier alpha value is -1.50. The minimum Gasteiger partial charge on any atom is -0.389 e. The summed E-state index contributed by atoms with van der Waals surface area (Å²) >= 11 is 4.92. The van der Waals surface area contributed by atoms with Gasteiger partial charge in [-0.25, -0.2) is 0 Å². The summed E-state index contributed by atoms with van der Waals surface area (Å²) in [4.78, 5) is 14.8. The first-order valence-electron chi connectivity index (χ1n) is 7.12. The fraction of sp³-hybridized carbons (Fsp3) is 0.467. The van der Waals surface area contributed by atoms with Crippen LogP contribution in [0.3, 0.4) is 0 Å². The molecule has 0 saturated carbocycles. The zero-order valence-corrected chi connectivity index (χ0v) is 13.0. The number of morpholine rings is 1. The van der Waals surface area contributed by atoms with E-state index in [-0.39, 0.29) is 12.0 Å². The maximum atomic E-state index is 12.1. The number of rotatable bonds is 5. The molecule has 1 aliphatic rings. The molecule has 1 atom stereocenters. The number of nitrogens with zero attached hydrogens (tertiary/aromatic N) is 1. The van der Waals surface area contributed by atoms with Crippen LogP contribution in [0.25, 0.3) is 0 Å². The molecule has 6 heteroatoms. The van der Waals surface area contributed by atoms with Crippen LogP contribution >= 0.6 is 12.2 Å². The van der Waals surface area contributed by atoms with Crippen molar-refractivity contribution in [2.45, 2.75) is 13.0 Å². The number of nitrogens with one attached hydrogen (secondary N) is 1. The van der Waals surface area contributed by atoms with Gasteiger partial charge in [0.1, 0.15) is 4.99 Å². The quantitative estimate of drug-likeness (QED) is 0.787. The van der Waals surface area contributed by atoms with Gasteiger partial charge in [0, 0.05) is 30.8 Å². The number of hydrogen-bond donors (Lipinski definition) is 2. The van der Waals surface area contributed by atoms with E-state index in [0.717, 1.165) is 19.6 Å². The molecule has 0 spiro atoms. The zero-order chi connectivity index (χ0) is 15.2. The first-order valence-corrected chi connectivity index (χ1v) is 7.53. The van der Waals surface area contributed by atoms with Crippen LogP contribution in [0.15, 0.2) is 24.3 Å². The fourth-order valence-electron chi connectivity index (χ4n) is 2.31. The van der Waals surface area contributed by atoms with E-state index in [1.807, 2.05) is 0 Å². The molecule has 0 aliphatic carbocycles. The average molecular weight is 307 g/mol.